The zero-order chi connectivity index (χ0) is 17.9. The number of hydrogen-bond acceptors (Lipinski definition) is 3. The average Bonchev–Trinajstić information content (AvgIpc) is 2.62. The van der Waals surface area contributed by atoms with Crippen molar-refractivity contribution >= 4 is 27.5 Å². The topological polar surface area (TPSA) is 59.0 Å². The molecule has 2 aromatic carbocycles. The molecule has 0 saturated carbocycles. The van der Waals surface area contributed by atoms with Gasteiger partial charge in [0.1, 0.15) is 11.7 Å². The van der Waals surface area contributed by atoms with Gasteiger partial charge in [-0.15, -0.1) is 4.40 Å². The largest absolute Gasteiger partial charge is 0.378 e. The van der Waals surface area contributed by atoms with Crippen LogP contribution < -0.4 is 0 Å². The Hall–Kier alpha value is -1.96. The summed E-state index contributed by atoms with van der Waals surface area (Å²) in [7, 11) is -3.93. The molecule has 0 aliphatic carbocycles. The molecular weight excluding hydrogens is 367 g/mol. The van der Waals surface area contributed by atoms with Gasteiger partial charge in [-0.1, -0.05) is 11.6 Å². The fourth-order valence-corrected chi connectivity index (χ4v) is 3.60. The van der Waals surface area contributed by atoms with Crippen molar-refractivity contribution in [2.75, 3.05) is 26.3 Å². The standard InChI is InChI=1S/C17H16ClFN2O3S/c18-14-3-7-16(8-4-14)25(22,23)20-17(21-9-11-24-12-10-21)13-1-5-15(19)6-2-13/h1-8H,9-12H2/b20-17-. The molecule has 132 valence electrons. The van der Waals surface area contributed by atoms with Crippen molar-refractivity contribution in [2.45, 2.75) is 4.90 Å². The smallest absolute Gasteiger partial charge is 0.284 e. The van der Waals surface area contributed by atoms with Gasteiger partial charge in [0.25, 0.3) is 10.0 Å². The van der Waals surface area contributed by atoms with E-state index in [1.807, 2.05) is 4.90 Å². The monoisotopic (exact) mass is 382 g/mol. The number of hydrogen-bond donors (Lipinski definition) is 0. The number of ether oxygens (including phenoxy) is 1. The molecule has 1 saturated heterocycles. The molecule has 1 heterocycles. The first-order valence-electron chi connectivity index (χ1n) is 7.65. The number of halogens is 2. The normalized spacial score (nSPS) is 16.1. The number of sulfonamides is 1. The summed E-state index contributed by atoms with van der Waals surface area (Å²) in [4.78, 5) is 1.87. The van der Waals surface area contributed by atoms with Crippen LogP contribution in [0.1, 0.15) is 5.56 Å². The fraction of sp³-hybridized carbons (Fsp3) is 0.235. The fourth-order valence-electron chi connectivity index (χ4n) is 2.44. The number of rotatable bonds is 3. The highest BCUT2D eigenvalue weighted by atomic mass is 35.5. The maximum atomic E-state index is 13.2. The third-order valence-electron chi connectivity index (χ3n) is 3.73. The van der Waals surface area contributed by atoms with Crippen molar-refractivity contribution in [3.8, 4) is 0 Å². The molecule has 1 aliphatic heterocycles. The van der Waals surface area contributed by atoms with Crippen molar-refractivity contribution in [3.05, 3.63) is 64.9 Å². The van der Waals surface area contributed by atoms with Gasteiger partial charge in [-0.05, 0) is 48.5 Å². The lowest BCUT2D eigenvalue weighted by atomic mass is 10.2. The number of benzene rings is 2. The third kappa shape index (κ3) is 4.36. The molecule has 0 atom stereocenters. The van der Waals surface area contributed by atoms with E-state index in [1.54, 1.807) is 0 Å². The van der Waals surface area contributed by atoms with Crippen LogP contribution in [0.2, 0.25) is 5.02 Å². The molecule has 0 bridgehead atoms. The van der Waals surface area contributed by atoms with Crippen LogP contribution in [-0.4, -0.2) is 45.5 Å². The van der Waals surface area contributed by atoms with E-state index in [4.69, 9.17) is 16.3 Å². The van der Waals surface area contributed by atoms with Crippen LogP contribution in [0.25, 0.3) is 0 Å². The highest BCUT2D eigenvalue weighted by Crippen LogP contribution is 2.19. The molecule has 1 aliphatic rings. The predicted octanol–water partition coefficient (Wildman–Crippen LogP) is 2.95. The molecule has 0 N–H and O–H groups in total. The van der Waals surface area contributed by atoms with Gasteiger partial charge in [-0.2, -0.15) is 8.42 Å². The second-order valence-corrected chi connectivity index (χ2v) is 7.49. The summed E-state index contributed by atoms with van der Waals surface area (Å²) in [6, 6.07) is 11.4. The molecule has 0 aromatic heterocycles. The molecule has 0 spiro atoms. The number of nitrogens with zero attached hydrogens (tertiary/aromatic N) is 2. The Balaban J connectivity index is 2.04. The van der Waals surface area contributed by atoms with E-state index in [0.29, 0.717) is 36.9 Å². The first kappa shape index (κ1) is 17.8. The second kappa shape index (κ2) is 7.51. The van der Waals surface area contributed by atoms with Gasteiger partial charge >= 0.3 is 0 Å². The number of morpholine rings is 1. The highest BCUT2D eigenvalue weighted by molar-refractivity contribution is 7.90. The summed E-state index contributed by atoms with van der Waals surface area (Å²) in [6.07, 6.45) is 0. The SMILES string of the molecule is O=S(=O)(/N=C(/c1ccc(F)cc1)N1CCOCC1)c1ccc(Cl)cc1. The van der Waals surface area contributed by atoms with Gasteiger partial charge in [0.15, 0.2) is 0 Å². The predicted molar refractivity (Wildman–Crippen MR) is 94.0 cm³/mol. The molecule has 0 radical (unpaired) electrons. The first-order chi connectivity index (χ1) is 12.0. The van der Waals surface area contributed by atoms with E-state index in [-0.39, 0.29) is 10.7 Å². The van der Waals surface area contributed by atoms with Gasteiger partial charge in [0, 0.05) is 23.7 Å². The van der Waals surface area contributed by atoms with Crippen molar-refractivity contribution in [1.29, 1.82) is 0 Å². The quantitative estimate of drug-likeness (QED) is 0.605. The Morgan fingerprint density at radius 2 is 1.64 bits per heavy atom. The summed E-state index contributed by atoms with van der Waals surface area (Å²) >= 11 is 5.81. The molecule has 2 aromatic rings. The minimum absolute atomic E-state index is 0.0461. The first-order valence-corrected chi connectivity index (χ1v) is 9.47. The Kier molecular flexibility index (Phi) is 5.36. The second-order valence-electron chi connectivity index (χ2n) is 5.45. The van der Waals surface area contributed by atoms with Crippen molar-refractivity contribution in [1.82, 2.24) is 4.90 Å². The van der Waals surface area contributed by atoms with Crippen molar-refractivity contribution < 1.29 is 17.5 Å². The van der Waals surface area contributed by atoms with E-state index in [0.717, 1.165) is 0 Å². The van der Waals surface area contributed by atoms with E-state index in [2.05, 4.69) is 4.40 Å². The Morgan fingerprint density at radius 1 is 1.04 bits per heavy atom. The van der Waals surface area contributed by atoms with Crippen LogP contribution in [0, 0.1) is 5.82 Å². The maximum absolute atomic E-state index is 13.2. The summed E-state index contributed by atoms with van der Waals surface area (Å²) < 4.78 is 47.9. The molecule has 1 fully saturated rings. The lowest BCUT2D eigenvalue weighted by molar-refractivity contribution is 0.0683. The molecule has 0 unspecified atom stereocenters. The molecule has 25 heavy (non-hydrogen) atoms. The minimum Gasteiger partial charge on any atom is -0.378 e. The molecule has 3 rings (SSSR count). The Morgan fingerprint density at radius 3 is 2.24 bits per heavy atom. The van der Waals surface area contributed by atoms with Gasteiger partial charge in [-0.3, -0.25) is 0 Å². The van der Waals surface area contributed by atoms with Gasteiger partial charge in [0.05, 0.1) is 18.1 Å². The zero-order valence-electron chi connectivity index (χ0n) is 13.2. The Labute approximate surface area is 150 Å². The van der Waals surface area contributed by atoms with E-state index in [1.165, 1.54) is 48.5 Å². The molecule has 5 nitrogen and oxygen atoms in total. The average molecular weight is 383 g/mol. The van der Waals surface area contributed by atoms with Crippen LogP contribution >= 0.6 is 11.6 Å². The minimum atomic E-state index is -3.93. The Bertz CT molecular complexity index is 862. The van der Waals surface area contributed by atoms with E-state index in [9.17, 15) is 12.8 Å². The van der Waals surface area contributed by atoms with Crippen LogP contribution in [0.15, 0.2) is 57.8 Å². The van der Waals surface area contributed by atoms with E-state index < -0.39 is 15.8 Å². The molecule has 0 amide bonds. The maximum Gasteiger partial charge on any atom is 0.284 e. The van der Waals surface area contributed by atoms with Crippen LogP contribution in [0.4, 0.5) is 4.39 Å². The van der Waals surface area contributed by atoms with Gasteiger partial charge < -0.3 is 9.64 Å². The zero-order valence-corrected chi connectivity index (χ0v) is 14.8. The number of amidine groups is 1. The lowest BCUT2D eigenvalue weighted by Crippen LogP contribution is -2.41. The van der Waals surface area contributed by atoms with Gasteiger partial charge in [0.2, 0.25) is 0 Å². The van der Waals surface area contributed by atoms with E-state index >= 15 is 0 Å². The van der Waals surface area contributed by atoms with Crippen LogP contribution in [0.5, 0.6) is 0 Å². The summed E-state index contributed by atoms with van der Waals surface area (Å²) in [6.45, 7) is 1.96. The molecular formula is C17H16ClFN2O3S. The highest BCUT2D eigenvalue weighted by Gasteiger charge is 2.22. The van der Waals surface area contributed by atoms with Gasteiger partial charge in [-0.25, -0.2) is 4.39 Å². The summed E-state index contributed by atoms with van der Waals surface area (Å²) in [5.41, 5.74) is 0.529. The lowest BCUT2D eigenvalue weighted by Gasteiger charge is -2.29. The third-order valence-corrected chi connectivity index (χ3v) is 5.26. The van der Waals surface area contributed by atoms with Crippen molar-refractivity contribution in [3.63, 3.8) is 0 Å². The van der Waals surface area contributed by atoms with Crippen LogP contribution in [0.3, 0.4) is 0 Å². The molecule has 8 heteroatoms. The van der Waals surface area contributed by atoms with Crippen LogP contribution in [-0.2, 0) is 14.8 Å². The summed E-state index contributed by atoms with van der Waals surface area (Å²) in [5, 5.41) is 0.440. The van der Waals surface area contributed by atoms with Crippen molar-refractivity contribution in [2.24, 2.45) is 4.40 Å². The summed E-state index contributed by atoms with van der Waals surface area (Å²) in [5.74, 6) is -0.121.